The Morgan fingerprint density at radius 2 is 0.857 bits per heavy atom. The molecule has 0 spiro atoms. The van der Waals surface area contributed by atoms with Crippen molar-refractivity contribution < 1.29 is 78.3 Å². The van der Waals surface area contributed by atoms with Crippen molar-refractivity contribution in [1.29, 1.82) is 0 Å². The number of carbonyl (C=O) groups is 11. The number of hydrogen-bond donors (Lipinski definition) is 8. The van der Waals surface area contributed by atoms with Crippen molar-refractivity contribution in [2.75, 3.05) is 6.54 Å². The number of aliphatic carboxylic acids is 5. The van der Waals surface area contributed by atoms with Crippen LogP contribution < -0.4 is 16.0 Å². The fourth-order valence-electron chi connectivity index (χ4n) is 8.63. The van der Waals surface area contributed by atoms with E-state index in [1.807, 2.05) is 0 Å². The number of nitrogens with one attached hydrogen (secondary N) is 3. The Balaban J connectivity index is 2.35. The zero-order valence-corrected chi connectivity index (χ0v) is 41.7. The van der Waals surface area contributed by atoms with Gasteiger partial charge in [-0.2, -0.15) is 0 Å². The molecule has 0 aromatic rings. The van der Waals surface area contributed by atoms with E-state index in [-0.39, 0.29) is 74.9 Å². The zero-order valence-electron chi connectivity index (χ0n) is 41.7. The molecule has 0 saturated heterocycles. The number of Topliss-reactive ketones (excluding diaryl/α,β-unsaturated/α-hetero) is 3. The SMILES string of the molecule is CC(C)C(=O)CC[C@H](CC(=O)CC[C@H](NC(=O)CC[C@H](CC(=O)CC[C@H](NC(=O)C1CCC(CNC(=O)CCCCCCCCCCCCCCCCC(=O)O)CC1)C(=O)O)C(=O)O)C(=O)O)C(=O)O. The van der Waals surface area contributed by atoms with Gasteiger partial charge in [0.2, 0.25) is 17.7 Å². The summed E-state index contributed by atoms with van der Waals surface area (Å²) >= 11 is 0. The molecule has 4 atom stereocenters. The Bertz CT molecular complexity index is 1690. The predicted octanol–water partition coefficient (Wildman–Crippen LogP) is 7.04. The molecule has 0 bridgehead atoms. The van der Waals surface area contributed by atoms with Crippen molar-refractivity contribution in [3.05, 3.63) is 0 Å². The molecule has 0 unspecified atom stereocenters. The normalized spacial score (nSPS) is 16.3. The second kappa shape index (κ2) is 36.7. The minimum absolute atomic E-state index is 0.00704. The number of hydrogen-bond acceptors (Lipinski definition) is 11. The molecule has 19 nitrogen and oxygen atoms in total. The van der Waals surface area contributed by atoms with Crippen molar-refractivity contribution in [1.82, 2.24) is 16.0 Å². The van der Waals surface area contributed by atoms with Crippen LogP contribution >= 0.6 is 0 Å². The predicted molar refractivity (Wildman–Crippen MR) is 257 cm³/mol. The third-order valence-electron chi connectivity index (χ3n) is 13.3. The average Bonchev–Trinajstić information content (AvgIpc) is 3.30. The van der Waals surface area contributed by atoms with Crippen LogP contribution in [0, 0.1) is 29.6 Å². The topological polar surface area (TPSA) is 325 Å². The van der Waals surface area contributed by atoms with Crippen LogP contribution in [0.3, 0.4) is 0 Å². The monoisotopic (exact) mass is 994 g/mol. The van der Waals surface area contributed by atoms with E-state index in [0.717, 1.165) is 44.9 Å². The fourth-order valence-corrected chi connectivity index (χ4v) is 8.63. The molecule has 70 heavy (non-hydrogen) atoms. The van der Waals surface area contributed by atoms with E-state index in [9.17, 15) is 73.2 Å². The zero-order chi connectivity index (χ0) is 52.4. The average molecular weight is 994 g/mol. The molecule has 0 aromatic heterocycles. The maximum atomic E-state index is 13.1. The lowest BCUT2D eigenvalue weighted by Crippen LogP contribution is -2.45. The lowest BCUT2D eigenvalue weighted by molar-refractivity contribution is -0.145. The summed E-state index contributed by atoms with van der Waals surface area (Å²) in [7, 11) is 0. The molecule has 0 aromatic carbocycles. The highest BCUT2D eigenvalue weighted by Crippen LogP contribution is 2.29. The number of unbranched alkanes of at least 4 members (excludes halogenated alkanes) is 13. The van der Waals surface area contributed by atoms with Gasteiger partial charge in [-0.05, 0) is 70.1 Å². The molecule has 398 valence electrons. The highest BCUT2D eigenvalue weighted by atomic mass is 16.4. The van der Waals surface area contributed by atoms with Crippen molar-refractivity contribution in [3.63, 3.8) is 0 Å². The Hall–Kier alpha value is -5.23. The van der Waals surface area contributed by atoms with Gasteiger partial charge >= 0.3 is 29.8 Å². The van der Waals surface area contributed by atoms with Gasteiger partial charge in [0.05, 0.1) is 11.8 Å². The Labute approximate surface area is 412 Å². The Kier molecular flexibility index (Phi) is 32.9. The maximum Gasteiger partial charge on any atom is 0.326 e. The molecule has 0 heterocycles. The van der Waals surface area contributed by atoms with Crippen LogP contribution in [0.25, 0.3) is 0 Å². The van der Waals surface area contributed by atoms with Gasteiger partial charge in [0, 0.05) is 69.7 Å². The molecule has 1 fully saturated rings. The van der Waals surface area contributed by atoms with Crippen molar-refractivity contribution in [3.8, 4) is 0 Å². The summed E-state index contributed by atoms with van der Waals surface area (Å²) in [6, 6.07) is -2.94. The van der Waals surface area contributed by atoms with Crippen molar-refractivity contribution in [2.24, 2.45) is 29.6 Å². The molecule has 19 heteroatoms. The van der Waals surface area contributed by atoms with Crippen LogP contribution in [0.4, 0.5) is 0 Å². The first kappa shape index (κ1) is 62.8. The summed E-state index contributed by atoms with van der Waals surface area (Å²) in [5, 5.41) is 55.0. The molecular weight excluding hydrogens is 911 g/mol. The molecule has 1 saturated carbocycles. The molecule has 8 N–H and O–H groups in total. The van der Waals surface area contributed by atoms with Crippen LogP contribution in [-0.2, 0) is 52.7 Å². The second-order valence-electron chi connectivity index (χ2n) is 19.6. The Morgan fingerprint density at radius 3 is 1.27 bits per heavy atom. The van der Waals surface area contributed by atoms with Gasteiger partial charge in [-0.3, -0.25) is 43.2 Å². The van der Waals surface area contributed by atoms with E-state index < -0.39 is 102 Å². The number of rotatable bonds is 43. The van der Waals surface area contributed by atoms with Gasteiger partial charge in [0.25, 0.3) is 0 Å². The van der Waals surface area contributed by atoms with E-state index in [1.165, 1.54) is 44.9 Å². The van der Waals surface area contributed by atoms with Gasteiger partial charge < -0.3 is 41.5 Å². The maximum absolute atomic E-state index is 13.1. The van der Waals surface area contributed by atoms with Gasteiger partial charge in [0.1, 0.15) is 29.4 Å². The molecule has 0 aliphatic heterocycles. The lowest BCUT2D eigenvalue weighted by atomic mass is 9.81. The molecule has 1 rings (SSSR count). The first-order valence-corrected chi connectivity index (χ1v) is 25.8. The minimum Gasteiger partial charge on any atom is -0.481 e. The molecular formula is C51H83N3O16. The molecule has 0 radical (unpaired) electrons. The van der Waals surface area contributed by atoms with E-state index in [2.05, 4.69) is 16.0 Å². The fraction of sp³-hybridized carbons (Fsp3) is 0.784. The number of carboxylic acid groups (broad SMARTS) is 5. The summed E-state index contributed by atoms with van der Waals surface area (Å²) < 4.78 is 0. The van der Waals surface area contributed by atoms with Gasteiger partial charge in [-0.25, -0.2) is 9.59 Å². The number of carbonyl (C=O) groups excluding carboxylic acids is 6. The standard InChI is InChI=1S/C51H83N3O16/c1-34(2)43(57)29-23-37(48(63)64)31-39(55)25-27-41(50(67)68)53-45(59)30-24-38(49(65)66)32-40(56)26-28-42(51(69)70)54-47(62)36-21-19-35(20-22-36)33-52-44(58)17-15-13-11-9-7-5-3-4-6-8-10-12-14-16-18-46(60)61/h34-38,41-42H,3-33H2,1-2H3,(H,52,58)(H,53,59)(H,54,62)(H,60,61)(H,63,64)(H,65,66)(H,67,68)(H,69,70)/t35?,36?,37-,38-,41+,42+/m1/s1. The van der Waals surface area contributed by atoms with E-state index in [1.54, 1.807) is 13.8 Å². The molecule has 1 aliphatic rings. The van der Waals surface area contributed by atoms with Gasteiger partial charge in [0.15, 0.2) is 0 Å². The summed E-state index contributed by atoms with van der Waals surface area (Å²) in [4.78, 5) is 133. The van der Waals surface area contributed by atoms with Crippen LogP contribution in [0.5, 0.6) is 0 Å². The molecule has 1 aliphatic carbocycles. The smallest absolute Gasteiger partial charge is 0.326 e. The number of ketones is 3. The second-order valence-corrected chi connectivity index (χ2v) is 19.6. The number of carboxylic acids is 5. The minimum atomic E-state index is -1.54. The summed E-state index contributed by atoms with van der Waals surface area (Å²) in [5.74, 6) is -11.9. The number of amides is 3. The highest BCUT2D eigenvalue weighted by molar-refractivity contribution is 5.89. The van der Waals surface area contributed by atoms with Crippen LogP contribution in [0.15, 0.2) is 0 Å². The summed E-state index contributed by atoms with van der Waals surface area (Å²) in [6.45, 7) is 3.85. The quantitative estimate of drug-likeness (QED) is 0.0284. The van der Waals surface area contributed by atoms with Crippen LogP contribution in [0.1, 0.15) is 206 Å². The third-order valence-corrected chi connectivity index (χ3v) is 13.3. The van der Waals surface area contributed by atoms with Crippen LogP contribution in [0.2, 0.25) is 0 Å². The van der Waals surface area contributed by atoms with E-state index in [0.29, 0.717) is 38.6 Å². The van der Waals surface area contributed by atoms with Gasteiger partial charge in [-0.15, -0.1) is 0 Å². The third kappa shape index (κ3) is 30.4. The van der Waals surface area contributed by atoms with Crippen molar-refractivity contribution >= 4 is 64.9 Å². The van der Waals surface area contributed by atoms with E-state index in [4.69, 9.17) is 5.11 Å². The first-order valence-electron chi connectivity index (χ1n) is 25.8. The lowest BCUT2D eigenvalue weighted by Gasteiger charge is -2.28. The van der Waals surface area contributed by atoms with Crippen LogP contribution in [-0.4, -0.2) is 109 Å². The largest absolute Gasteiger partial charge is 0.481 e. The Morgan fingerprint density at radius 1 is 0.443 bits per heavy atom. The van der Waals surface area contributed by atoms with E-state index >= 15 is 0 Å². The highest BCUT2D eigenvalue weighted by Gasteiger charge is 2.31. The van der Waals surface area contributed by atoms with Gasteiger partial charge in [-0.1, -0.05) is 90.9 Å². The first-order chi connectivity index (χ1) is 33.2. The van der Waals surface area contributed by atoms with Crippen molar-refractivity contribution in [2.45, 2.75) is 219 Å². The summed E-state index contributed by atoms with van der Waals surface area (Å²) in [6.07, 6.45) is 15.3. The summed E-state index contributed by atoms with van der Waals surface area (Å²) in [5.41, 5.74) is 0. The molecule has 3 amide bonds.